The number of nitrogens with one attached hydrogen (secondary N) is 1. The molecule has 1 aromatic rings. The van der Waals surface area contributed by atoms with Crippen LogP contribution in [0.5, 0.6) is 5.75 Å². The Balaban J connectivity index is 1.88. The van der Waals surface area contributed by atoms with Crippen molar-refractivity contribution in [3.8, 4) is 5.75 Å². The highest BCUT2D eigenvalue weighted by Gasteiger charge is 2.23. The highest BCUT2D eigenvalue weighted by molar-refractivity contribution is 9.10. The van der Waals surface area contributed by atoms with E-state index in [4.69, 9.17) is 9.47 Å². The maximum atomic E-state index is 5.54. The molecule has 4 heteroatoms. The minimum atomic E-state index is 0.328. The number of rotatable bonds is 5. The third-order valence-corrected chi connectivity index (χ3v) is 4.05. The molecule has 100 valence electrons. The first kappa shape index (κ1) is 13.8. The van der Waals surface area contributed by atoms with E-state index in [1.54, 1.807) is 7.11 Å². The molecule has 0 bridgehead atoms. The number of para-hydroxylation sites is 1. The summed E-state index contributed by atoms with van der Waals surface area (Å²) in [6, 6.07) is 6.65. The molecule has 0 spiro atoms. The molecule has 2 atom stereocenters. The maximum Gasteiger partial charge on any atom is 0.136 e. The van der Waals surface area contributed by atoms with Gasteiger partial charge in [-0.2, -0.15) is 0 Å². The van der Waals surface area contributed by atoms with Crippen LogP contribution in [0.2, 0.25) is 0 Å². The van der Waals surface area contributed by atoms with E-state index in [0.29, 0.717) is 12.1 Å². The van der Waals surface area contributed by atoms with E-state index in [0.717, 1.165) is 36.2 Å². The molecule has 1 aromatic carbocycles. The molecule has 1 saturated heterocycles. The van der Waals surface area contributed by atoms with Crippen molar-refractivity contribution >= 4 is 15.9 Å². The van der Waals surface area contributed by atoms with Crippen molar-refractivity contribution in [1.29, 1.82) is 0 Å². The van der Waals surface area contributed by atoms with Crippen molar-refractivity contribution in [2.24, 2.45) is 0 Å². The lowest BCUT2D eigenvalue weighted by molar-refractivity contribution is 0.113. The molecule has 1 aliphatic rings. The molecule has 2 rings (SSSR count). The van der Waals surface area contributed by atoms with Gasteiger partial charge in [0, 0.05) is 12.6 Å². The van der Waals surface area contributed by atoms with Gasteiger partial charge in [0.1, 0.15) is 5.75 Å². The minimum absolute atomic E-state index is 0.328. The Labute approximate surface area is 117 Å². The Bertz CT molecular complexity index is 397. The Morgan fingerprint density at radius 3 is 3.00 bits per heavy atom. The second-order valence-electron chi connectivity index (χ2n) is 4.61. The van der Waals surface area contributed by atoms with Gasteiger partial charge in [-0.15, -0.1) is 0 Å². The van der Waals surface area contributed by atoms with Gasteiger partial charge in [-0.1, -0.05) is 12.1 Å². The third kappa shape index (κ3) is 3.25. The maximum absolute atomic E-state index is 5.54. The molecular weight excluding hydrogens is 294 g/mol. The molecule has 0 aliphatic carbocycles. The molecule has 0 unspecified atom stereocenters. The molecule has 1 fully saturated rings. The zero-order chi connectivity index (χ0) is 13.0. The Kier molecular flexibility index (Phi) is 5.03. The Morgan fingerprint density at radius 2 is 2.33 bits per heavy atom. The lowest BCUT2D eigenvalue weighted by Gasteiger charge is -2.16. The Morgan fingerprint density at radius 1 is 1.50 bits per heavy atom. The first-order valence-corrected chi connectivity index (χ1v) is 7.18. The predicted molar refractivity (Wildman–Crippen MR) is 76.2 cm³/mol. The van der Waals surface area contributed by atoms with Crippen LogP contribution in [0.25, 0.3) is 0 Å². The van der Waals surface area contributed by atoms with Gasteiger partial charge in [0.25, 0.3) is 0 Å². The van der Waals surface area contributed by atoms with Gasteiger partial charge in [0.15, 0.2) is 0 Å². The Hall–Kier alpha value is -0.580. The average Bonchev–Trinajstić information content (AvgIpc) is 2.75. The monoisotopic (exact) mass is 313 g/mol. The third-order valence-electron chi connectivity index (χ3n) is 3.43. The molecule has 0 aromatic heterocycles. The van der Waals surface area contributed by atoms with Crippen LogP contribution >= 0.6 is 15.9 Å². The predicted octanol–water partition coefficient (Wildman–Crippen LogP) is 2.77. The summed E-state index contributed by atoms with van der Waals surface area (Å²) in [5, 5.41) is 3.55. The van der Waals surface area contributed by atoms with Gasteiger partial charge >= 0.3 is 0 Å². The second-order valence-corrected chi connectivity index (χ2v) is 5.46. The number of benzene rings is 1. The van der Waals surface area contributed by atoms with Crippen molar-refractivity contribution in [2.75, 3.05) is 20.3 Å². The fourth-order valence-corrected chi connectivity index (χ4v) is 2.94. The van der Waals surface area contributed by atoms with Gasteiger partial charge in [0.2, 0.25) is 0 Å². The van der Waals surface area contributed by atoms with Crippen LogP contribution in [0.3, 0.4) is 0 Å². The molecule has 18 heavy (non-hydrogen) atoms. The summed E-state index contributed by atoms with van der Waals surface area (Å²) in [6.45, 7) is 3.95. The smallest absolute Gasteiger partial charge is 0.136 e. The van der Waals surface area contributed by atoms with Crippen LogP contribution in [-0.2, 0) is 11.2 Å². The SMILES string of the molecule is COc1c(Br)cccc1CCN[C@H]1CCO[C@H]1C. The second kappa shape index (κ2) is 6.55. The molecule has 0 saturated carbocycles. The van der Waals surface area contributed by atoms with Gasteiger partial charge in [0.05, 0.1) is 17.7 Å². The van der Waals surface area contributed by atoms with Gasteiger partial charge in [-0.3, -0.25) is 0 Å². The van der Waals surface area contributed by atoms with E-state index >= 15 is 0 Å². The van der Waals surface area contributed by atoms with Crippen molar-refractivity contribution in [1.82, 2.24) is 5.32 Å². The van der Waals surface area contributed by atoms with Crippen LogP contribution < -0.4 is 10.1 Å². The molecule has 1 N–H and O–H groups in total. The number of hydrogen-bond donors (Lipinski definition) is 1. The van der Waals surface area contributed by atoms with E-state index in [-0.39, 0.29) is 0 Å². The molecule has 1 aliphatic heterocycles. The highest BCUT2D eigenvalue weighted by Crippen LogP contribution is 2.28. The van der Waals surface area contributed by atoms with E-state index in [9.17, 15) is 0 Å². The van der Waals surface area contributed by atoms with Crippen LogP contribution in [0.15, 0.2) is 22.7 Å². The van der Waals surface area contributed by atoms with Crippen molar-refractivity contribution in [2.45, 2.75) is 31.9 Å². The lowest BCUT2D eigenvalue weighted by Crippen LogP contribution is -2.35. The lowest BCUT2D eigenvalue weighted by atomic mass is 10.1. The first-order chi connectivity index (χ1) is 8.72. The standard InChI is InChI=1S/C14H20BrNO2/c1-10-13(7-9-18-10)16-8-6-11-4-3-5-12(15)14(11)17-2/h3-5,10,13,16H,6-9H2,1-2H3/t10-,13-/m0/s1. The van der Waals surface area contributed by atoms with E-state index < -0.39 is 0 Å². The summed E-state index contributed by atoms with van der Waals surface area (Å²) in [5.41, 5.74) is 1.23. The summed E-state index contributed by atoms with van der Waals surface area (Å²) >= 11 is 3.51. The van der Waals surface area contributed by atoms with Crippen molar-refractivity contribution < 1.29 is 9.47 Å². The minimum Gasteiger partial charge on any atom is -0.495 e. The first-order valence-electron chi connectivity index (χ1n) is 6.38. The van der Waals surface area contributed by atoms with E-state index in [1.807, 2.05) is 12.1 Å². The molecule has 1 heterocycles. The number of halogens is 1. The fraction of sp³-hybridized carbons (Fsp3) is 0.571. The summed E-state index contributed by atoms with van der Waals surface area (Å²) in [7, 11) is 1.71. The molecule has 0 radical (unpaired) electrons. The van der Waals surface area contributed by atoms with Crippen molar-refractivity contribution in [3.63, 3.8) is 0 Å². The summed E-state index contributed by atoms with van der Waals surface area (Å²) < 4.78 is 12.0. The van der Waals surface area contributed by atoms with E-state index in [2.05, 4.69) is 34.2 Å². The number of ether oxygens (including phenoxy) is 2. The molecular formula is C14H20BrNO2. The summed E-state index contributed by atoms with van der Waals surface area (Å²) in [4.78, 5) is 0. The molecule has 0 amide bonds. The number of methoxy groups -OCH3 is 1. The quantitative estimate of drug-likeness (QED) is 0.906. The van der Waals surface area contributed by atoms with Gasteiger partial charge in [-0.05, 0) is 53.9 Å². The van der Waals surface area contributed by atoms with Crippen LogP contribution in [0.4, 0.5) is 0 Å². The summed E-state index contributed by atoms with van der Waals surface area (Å²) in [5.74, 6) is 0.940. The average molecular weight is 314 g/mol. The number of hydrogen-bond acceptors (Lipinski definition) is 3. The fourth-order valence-electron chi connectivity index (χ4n) is 2.37. The van der Waals surface area contributed by atoms with E-state index in [1.165, 1.54) is 5.56 Å². The van der Waals surface area contributed by atoms with Crippen LogP contribution in [0.1, 0.15) is 18.9 Å². The largest absolute Gasteiger partial charge is 0.495 e. The van der Waals surface area contributed by atoms with Gasteiger partial charge < -0.3 is 14.8 Å². The highest BCUT2D eigenvalue weighted by atomic mass is 79.9. The van der Waals surface area contributed by atoms with Crippen LogP contribution in [0, 0.1) is 0 Å². The zero-order valence-electron chi connectivity index (χ0n) is 10.9. The van der Waals surface area contributed by atoms with Crippen molar-refractivity contribution in [3.05, 3.63) is 28.2 Å². The topological polar surface area (TPSA) is 30.5 Å². The van der Waals surface area contributed by atoms with Crippen LogP contribution in [-0.4, -0.2) is 32.4 Å². The van der Waals surface area contributed by atoms with Gasteiger partial charge in [-0.25, -0.2) is 0 Å². The molecule has 3 nitrogen and oxygen atoms in total. The zero-order valence-corrected chi connectivity index (χ0v) is 12.5. The normalized spacial score (nSPS) is 23.3. The summed E-state index contributed by atoms with van der Waals surface area (Å²) in [6.07, 6.45) is 2.40.